The van der Waals surface area contributed by atoms with Gasteiger partial charge in [-0.05, 0) is 32.8 Å². The number of fused-ring (bicyclic) bond motifs is 1. The number of rotatable bonds is 8. The Morgan fingerprint density at radius 1 is 1.20 bits per heavy atom. The third-order valence-corrected chi connectivity index (χ3v) is 4.02. The molecule has 3 rings (SSSR count). The first-order chi connectivity index (χ1) is 12.1. The fourth-order valence-corrected chi connectivity index (χ4v) is 2.78. The van der Waals surface area contributed by atoms with E-state index in [0.717, 1.165) is 43.1 Å². The summed E-state index contributed by atoms with van der Waals surface area (Å²) in [5.41, 5.74) is 3.37. The molecule has 1 aromatic carbocycles. The lowest BCUT2D eigenvalue weighted by molar-refractivity contribution is 0.0787. The van der Waals surface area contributed by atoms with E-state index in [9.17, 15) is 0 Å². The summed E-state index contributed by atoms with van der Waals surface area (Å²) in [4.78, 5) is 8.82. The lowest BCUT2D eigenvalue weighted by atomic mass is 10.0. The van der Waals surface area contributed by atoms with Gasteiger partial charge in [0.05, 0.1) is 6.10 Å². The molecule has 0 spiro atoms. The standard InChI is InChI=1S/C19H25N5O/c1-14(2)25-11-7-10-20-18-17(12-16-8-5-4-6-9-16)15(3)23-19-21-13-22-24(18)19/h4-6,8-9,13-14,20H,7,10-12H2,1-3H3. The molecule has 6 nitrogen and oxygen atoms in total. The van der Waals surface area contributed by atoms with E-state index in [-0.39, 0.29) is 6.10 Å². The third kappa shape index (κ3) is 4.33. The van der Waals surface area contributed by atoms with Crippen LogP contribution in [0.2, 0.25) is 0 Å². The molecule has 2 heterocycles. The number of anilines is 1. The van der Waals surface area contributed by atoms with Gasteiger partial charge in [0.2, 0.25) is 0 Å². The highest BCUT2D eigenvalue weighted by Gasteiger charge is 2.14. The Balaban J connectivity index is 1.83. The van der Waals surface area contributed by atoms with Crippen LogP contribution in [0.15, 0.2) is 36.7 Å². The van der Waals surface area contributed by atoms with E-state index in [1.807, 2.05) is 13.0 Å². The number of nitrogens with one attached hydrogen (secondary N) is 1. The Bertz CT molecular complexity index is 813. The molecule has 2 aromatic heterocycles. The molecule has 0 aliphatic rings. The lowest BCUT2D eigenvalue weighted by Crippen LogP contribution is -2.15. The fourth-order valence-electron chi connectivity index (χ4n) is 2.78. The molecule has 0 saturated carbocycles. The molecule has 0 aliphatic carbocycles. The molecule has 6 heteroatoms. The number of hydrogen-bond donors (Lipinski definition) is 1. The first kappa shape index (κ1) is 17.4. The minimum atomic E-state index is 0.263. The molecular formula is C19H25N5O. The van der Waals surface area contributed by atoms with Crippen LogP contribution >= 0.6 is 0 Å². The molecule has 0 atom stereocenters. The van der Waals surface area contributed by atoms with Crippen LogP contribution < -0.4 is 5.32 Å². The smallest absolute Gasteiger partial charge is 0.254 e. The monoisotopic (exact) mass is 339 g/mol. The lowest BCUT2D eigenvalue weighted by Gasteiger charge is -2.16. The molecule has 1 N–H and O–H groups in total. The molecule has 3 aromatic rings. The highest BCUT2D eigenvalue weighted by molar-refractivity contribution is 5.54. The second kappa shape index (κ2) is 8.07. The zero-order chi connectivity index (χ0) is 17.6. The van der Waals surface area contributed by atoms with Gasteiger partial charge in [-0.1, -0.05) is 30.3 Å². The van der Waals surface area contributed by atoms with Crippen LogP contribution in [-0.4, -0.2) is 38.8 Å². The summed E-state index contributed by atoms with van der Waals surface area (Å²) >= 11 is 0. The van der Waals surface area contributed by atoms with Crippen molar-refractivity contribution in [1.29, 1.82) is 0 Å². The average molecular weight is 339 g/mol. The van der Waals surface area contributed by atoms with Gasteiger partial charge in [-0.25, -0.2) is 4.98 Å². The van der Waals surface area contributed by atoms with E-state index in [0.29, 0.717) is 5.78 Å². The highest BCUT2D eigenvalue weighted by Crippen LogP contribution is 2.22. The molecule has 0 bridgehead atoms. The Kier molecular flexibility index (Phi) is 5.60. The fraction of sp³-hybridized carbons (Fsp3) is 0.421. The van der Waals surface area contributed by atoms with Crippen molar-refractivity contribution in [2.75, 3.05) is 18.5 Å². The van der Waals surface area contributed by atoms with Crippen molar-refractivity contribution in [3.8, 4) is 0 Å². The number of aromatic nitrogens is 4. The number of hydrogen-bond acceptors (Lipinski definition) is 5. The second-order valence-electron chi connectivity index (χ2n) is 6.36. The average Bonchev–Trinajstić information content (AvgIpc) is 3.05. The van der Waals surface area contributed by atoms with Crippen LogP contribution in [0.4, 0.5) is 5.82 Å². The minimum absolute atomic E-state index is 0.263. The van der Waals surface area contributed by atoms with Gasteiger partial charge in [0.1, 0.15) is 12.1 Å². The third-order valence-electron chi connectivity index (χ3n) is 4.02. The maximum atomic E-state index is 5.61. The SMILES string of the molecule is Cc1nc2ncnn2c(NCCCOC(C)C)c1Cc1ccccc1. The van der Waals surface area contributed by atoms with Gasteiger partial charge in [0, 0.05) is 30.8 Å². The van der Waals surface area contributed by atoms with Gasteiger partial charge in [-0.3, -0.25) is 0 Å². The Morgan fingerprint density at radius 2 is 2.00 bits per heavy atom. The van der Waals surface area contributed by atoms with Crippen molar-refractivity contribution in [3.05, 3.63) is 53.5 Å². The molecule has 0 fully saturated rings. The quantitative estimate of drug-likeness (QED) is 0.638. The van der Waals surface area contributed by atoms with Crippen molar-refractivity contribution in [1.82, 2.24) is 19.6 Å². The van der Waals surface area contributed by atoms with Crippen LogP contribution in [-0.2, 0) is 11.2 Å². The molecule has 0 radical (unpaired) electrons. The summed E-state index contributed by atoms with van der Waals surface area (Å²) in [5, 5.41) is 7.86. The Labute approximate surface area is 148 Å². The number of aryl methyl sites for hydroxylation is 1. The molecule has 0 aliphatic heterocycles. The maximum absolute atomic E-state index is 5.61. The number of ether oxygens (including phenoxy) is 1. The number of nitrogens with zero attached hydrogens (tertiary/aromatic N) is 4. The number of benzene rings is 1. The molecule has 0 amide bonds. The van der Waals surface area contributed by atoms with Crippen LogP contribution in [0.1, 0.15) is 37.1 Å². The first-order valence-corrected chi connectivity index (χ1v) is 8.73. The zero-order valence-electron chi connectivity index (χ0n) is 15.1. The summed E-state index contributed by atoms with van der Waals surface area (Å²) in [5.74, 6) is 1.59. The first-order valence-electron chi connectivity index (χ1n) is 8.73. The van der Waals surface area contributed by atoms with E-state index in [1.165, 1.54) is 5.56 Å². The van der Waals surface area contributed by atoms with Gasteiger partial charge in [-0.2, -0.15) is 14.6 Å². The van der Waals surface area contributed by atoms with Crippen molar-refractivity contribution >= 4 is 11.6 Å². The van der Waals surface area contributed by atoms with Gasteiger partial charge in [0.25, 0.3) is 5.78 Å². The zero-order valence-corrected chi connectivity index (χ0v) is 15.1. The topological polar surface area (TPSA) is 64.3 Å². The van der Waals surface area contributed by atoms with Crippen LogP contribution in [0.3, 0.4) is 0 Å². The van der Waals surface area contributed by atoms with E-state index in [4.69, 9.17) is 4.74 Å². The Hall–Kier alpha value is -2.47. The van der Waals surface area contributed by atoms with E-state index in [2.05, 4.69) is 58.5 Å². The molecule has 0 saturated heterocycles. The van der Waals surface area contributed by atoms with Gasteiger partial charge in [0.15, 0.2) is 0 Å². The molecule has 132 valence electrons. The minimum Gasteiger partial charge on any atom is -0.379 e. The van der Waals surface area contributed by atoms with Crippen LogP contribution in [0.5, 0.6) is 0 Å². The predicted molar refractivity (Wildman–Crippen MR) is 99.0 cm³/mol. The van der Waals surface area contributed by atoms with Crippen molar-refractivity contribution in [2.24, 2.45) is 0 Å². The summed E-state index contributed by atoms with van der Waals surface area (Å²) in [7, 11) is 0. The normalized spacial score (nSPS) is 11.4. The Morgan fingerprint density at radius 3 is 2.76 bits per heavy atom. The van der Waals surface area contributed by atoms with Crippen LogP contribution in [0, 0.1) is 6.92 Å². The predicted octanol–water partition coefficient (Wildman–Crippen LogP) is 3.25. The highest BCUT2D eigenvalue weighted by atomic mass is 16.5. The van der Waals surface area contributed by atoms with Crippen LogP contribution in [0.25, 0.3) is 5.78 Å². The van der Waals surface area contributed by atoms with Crippen molar-refractivity contribution in [2.45, 2.75) is 39.7 Å². The van der Waals surface area contributed by atoms with E-state index < -0.39 is 0 Å². The summed E-state index contributed by atoms with van der Waals surface area (Å²) in [6.45, 7) is 7.68. The maximum Gasteiger partial charge on any atom is 0.254 e. The van der Waals surface area contributed by atoms with Crippen molar-refractivity contribution in [3.63, 3.8) is 0 Å². The van der Waals surface area contributed by atoms with E-state index >= 15 is 0 Å². The van der Waals surface area contributed by atoms with Gasteiger partial charge in [-0.15, -0.1) is 0 Å². The largest absolute Gasteiger partial charge is 0.379 e. The molecule has 25 heavy (non-hydrogen) atoms. The summed E-state index contributed by atoms with van der Waals surface area (Å²) in [6.07, 6.45) is 3.54. The summed E-state index contributed by atoms with van der Waals surface area (Å²) in [6, 6.07) is 10.4. The molecular weight excluding hydrogens is 314 g/mol. The second-order valence-corrected chi connectivity index (χ2v) is 6.36. The van der Waals surface area contributed by atoms with Gasteiger partial charge >= 0.3 is 0 Å². The van der Waals surface area contributed by atoms with E-state index in [1.54, 1.807) is 10.8 Å². The van der Waals surface area contributed by atoms with Gasteiger partial charge < -0.3 is 10.1 Å². The molecule has 0 unspecified atom stereocenters. The summed E-state index contributed by atoms with van der Waals surface area (Å²) < 4.78 is 7.40. The van der Waals surface area contributed by atoms with Crippen molar-refractivity contribution < 1.29 is 4.74 Å².